The number of benzene rings is 1. The lowest BCUT2D eigenvalue weighted by Crippen LogP contribution is -2.14. The van der Waals surface area contributed by atoms with Crippen LogP contribution in [0.15, 0.2) is 18.3 Å². The number of hydrogen-bond acceptors (Lipinski definition) is 2. The molecule has 1 aromatic carbocycles. The second-order valence-corrected chi connectivity index (χ2v) is 6.38. The minimum Gasteiger partial charge on any atom is -0.378 e. The summed E-state index contributed by atoms with van der Waals surface area (Å²) in [6.45, 7) is 5.71. The van der Waals surface area contributed by atoms with Gasteiger partial charge in [-0.25, -0.2) is 4.39 Å². The molecular formula is C18H16B2FN3O. The number of halogens is 1. The highest BCUT2D eigenvalue weighted by Gasteiger charge is 2.17. The second kappa shape index (κ2) is 6.12. The van der Waals surface area contributed by atoms with E-state index in [9.17, 15) is 9.50 Å². The number of nitrogens with one attached hydrogen (secondary N) is 1. The summed E-state index contributed by atoms with van der Waals surface area (Å²) in [6.07, 6.45) is 1.87. The van der Waals surface area contributed by atoms with Crippen LogP contribution in [0.1, 0.15) is 26.3 Å². The van der Waals surface area contributed by atoms with E-state index in [0.717, 1.165) is 10.9 Å². The quantitative estimate of drug-likeness (QED) is 0.542. The molecule has 0 spiro atoms. The minimum absolute atomic E-state index is 0.199. The van der Waals surface area contributed by atoms with E-state index >= 15 is 0 Å². The summed E-state index contributed by atoms with van der Waals surface area (Å²) in [6, 6.07) is 3.08. The maximum absolute atomic E-state index is 14.5. The van der Waals surface area contributed by atoms with E-state index in [-0.39, 0.29) is 11.2 Å². The van der Waals surface area contributed by atoms with Crippen LogP contribution in [0.3, 0.4) is 0 Å². The SMILES string of the molecule is [B]c1n[nH]c([B])c1-c1cn(CC)c2cc(F)c(C#CC(C)(C)O)cc12. The Morgan fingerprint density at radius 1 is 1.36 bits per heavy atom. The Balaban J connectivity index is 2.30. The zero-order valence-corrected chi connectivity index (χ0v) is 14.3. The van der Waals surface area contributed by atoms with Crippen LogP contribution >= 0.6 is 0 Å². The Hall–Kier alpha value is -2.45. The lowest BCUT2D eigenvalue weighted by molar-refractivity contribution is 0.143. The van der Waals surface area contributed by atoms with E-state index in [1.807, 2.05) is 17.7 Å². The third-order valence-corrected chi connectivity index (χ3v) is 3.91. The fraction of sp³-hybridized carbons (Fsp3) is 0.278. The van der Waals surface area contributed by atoms with Crippen LogP contribution in [0.5, 0.6) is 0 Å². The van der Waals surface area contributed by atoms with Crippen LogP contribution in [0.2, 0.25) is 0 Å². The van der Waals surface area contributed by atoms with Gasteiger partial charge in [0.05, 0.1) is 11.1 Å². The van der Waals surface area contributed by atoms with Gasteiger partial charge in [-0.05, 0) is 38.5 Å². The summed E-state index contributed by atoms with van der Waals surface area (Å²) in [5.74, 6) is 4.89. The summed E-state index contributed by atoms with van der Waals surface area (Å²) in [4.78, 5) is 0. The molecule has 25 heavy (non-hydrogen) atoms. The smallest absolute Gasteiger partial charge is 0.145 e. The molecule has 0 saturated carbocycles. The molecule has 0 aliphatic rings. The van der Waals surface area contributed by atoms with Gasteiger partial charge >= 0.3 is 0 Å². The zero-order valence-electron chi connectivity index (χ0n) is 14.3. The molecule has 0 unspecified atom stereocenters. The van der Waals surface area contributed by atoms with Crippen LogP contribution in [-0.2, 0) is 6.54 Å². The van der Waals surface area contributed by atoms with Gasteiger partial charge in [0.1, 0.15) is 27.1 Å². The molecular weight excluding hydrogens is 315 g/mol. The molecule has 2 aromatic heterocycles. The van der Waals surface area contributed by atoms with Crippen LogP contribution in [0.25, 0.3) is 22.0 Å². The summed E-state index contributed by atoms with van der Waals surface area (Å²) in [5.41, 5.74) is 1.67. The molecule has 3 rings (SSSR count). The number of aryl methyl sites for hydroxylation is 1. The van der Waals surface area contributed by atoms with Gasteiger partial charge in [-0.2, -0.15) is 5.10 Å². The first kappa shape index (κ1) is 17.4. The van der Waals surface area contributed by atoms with Crippen molar-refractivity contribution in [2.75, 3.05) is 0 Å². The fourth-order valence-electron chi connectivity index (χ4n) is 2.74. The van der Waals surface area contributed by atoms with E-state index in [4.69, 9.17) is 15.7 Å². The number of aromatic amines is 1. The average molecular weight is 331 g/mol. The zero-order chi connectivity index (χ0) is 18.4. The third-order valence-electron chi connectivity index (χ3n) is 3.91. The van der Waals surface area contributed by atoms with E-state index < -0.39 is 11.4 Å². The van der Waals surface area contributed by atoms with Crippen LogP contribution in [-0.4, -0.2) is 41.2 Å². The summed E-state index contributed by atoms with van der Waals surface area (Å²) < 4.78 is 16.4. The Labute approximate surface area is 148 Å². The number of rotatable bonds is 2. The maximum atomic E-state index is 14.5. The van der Waals surface area contributed by atoms with Gasteiger partial charge in [-0.15, -0.1) is 0 Å². The predicted molar refractivity (Wildman–Crippen MR) is 99.1 cm³/mol. The van der Waals surface area contributed by atoms with E-state index in [1.54, 1.807) is 19.9 Å². The normalized spacial score (nSPS) is 11.6. The molecule has 0 aliphatic carbocycles. The van der Waals surface area contributed by atoms with Crippen molar-refractivity contribution < 1.29 is 9.50 Å². The first-order chi connectivity index (χ1) is 11.7. The highest BCUT2D eigenvalue weighted by Crippen LogP contribution is 2.30. The Morgan fingerprint density at radius 3 is 2.64 bits per heavy atom. The Kier molecular flexibility index (Phi) is 4.26. The van der Waals surface area contributed by atoms with Gasteiger partial charge in [0.15, 0.2) is 0 Å². The summed E-state index contributed by atoms with van der Waals surface area (Å²) in [5, 5.41) is 17.1. The number of nitrogens with zero attached hydrogens (tertiary/aromatic N) is 2. The fourth-order valence-corrected chi connectivity index (χ4v) is 2.74. The first-order valence-electron chi connectivity index (χ1n) is 7.89. The molecule has 4 nitrogen and oxygen atoms in total. The molecule has 2 N–H and O–H groups in total. The molecule has 7 heteroatoms. The summed E-state index contributed by atoms with van der Waals surface area (Å²) in [7, 11) is 11.9. The van der Waals surface area contributed by atoms with Crippen molar-refractivity contribution in [3.8, 4) is 23.0 Å². The molecule has 0 amide bonds. The molecule has 0 atom stereocenters. The molecule has 2 heterocycles. The van der Waals surface area contributed by atoms with Crippen LogP contribution in [0, 0.1) is 17.7 Å². The molecule has 0 aliphatic heterocycles. The van der Waals surface area contributed by atoms with Gasteiger partial charge < -0.3 is 9.67 Å². The van der Waals surface area contributed by atoms with Crippen molar-refractivity contribution in [1.82, 2.24) is 14.8 Å². The average Bonchev–Trinajstić information content (AvgIpc) is 3.03. The second-order valence-electron chi connectivity index (χ2n) is 6.38. The van der Waals surface area contributed by atoms with Gasteiger partial charge in [-0.3, -0.25) is 5.10 Å². The predicted octanol–water partition coefficient (Wildman–Crippen LogP) is 0.900. The molecule has 0 fully saturated rings. The van der Waals surface area contributed by atoms with Crippen molar-refractivity contribution in [3.63, 3.8) is 0 Å². The van der Waals surface area contributed by atoms with E-state index in [2.05, 4.69) is 22.0 Å². The maximum Gasteiger partial charge on any atom is 0.145 e. The Morgan fingerprint density at radius 2 is 2.08 bits per heavy atom. The van der Waals surface area contributed by atoms with Crippen molar-refractivity contribution in [3.05, 3.63) is 29.7 Å². The molecule has 3 aromatic rings. The topological polar surface area (TPSA) is 53.8 Å². The van der Waals surface area contributed by atoms with Gasteiger partial charge in [0, 0.05) is 34.8 Å². The number of H-pyrrole nitrogens is 1. The van der Waals surface area contributed by atoms with Crippen LogP contribution in [0.4, 0.5) is 4.39 Å². The van der Waals surface area contributed by atoms with E-state index in [0.29, 0.717) is 23.2 Å². The van der Waals surface area contributed by atoms with Crippen molar-refractivity contribution in [2.45, 2.75) is 32.9 Å². The highest BCUT2D eigenvalue weighted by molar-refractivity contribution is 6.43. The molecule has 0 bridgehead atoms. The molecule has 0 saturated heterocycles. The summed E-state index contributed by atoms with van der Waals surface area (Å²) >= 11 is 0. The van der Waals surface area contributed by atoms with Crippen molar-refractivity contribution in [2.24, 2.45) is 0 Å². The van der Waals surface area contributed by atoms with Crippen LogP contribution < -0.4 is 11.2 Å². The minimum atomic E-state index is -1.21. The third kappa shape index (κ3) is 3.22. The molecule has 122 valence electrons. The number of fused-ring (bicyclic) bond motifs is 1. The molecule has 4 radical (unpaired) electrons. The van der Waals surface area contributed by atoms with Crippen molar-refractivity contribution in [1.29, 1.82) is 0 Å². The largest absolute Gasteiger partial charge is 0.378 e. The van der Waals surface area contributed by atoms with E-state index in [1.165, 1.54) is 6.07 Å². The lowest BCUT2D eigenvalue weighted by atomic mass is 9.87. The van der Waals surface area contributed by atoms with Gasteiger partial charge in [0.25, 0.3) is 0 Å². The van der Waals surface area contributed by atoms with Crippen molar-refractivity contribution >= 4 is 37.8 Å². The van der Waals surface area contributed by atoms with Gasteiger partial charge in [0.2, 0.25) is 0 Å². The first-order valence-corrected chi connectivity index (χ1v) is 7.89. The number of hydrogen-bond donors (Lipinski definition) is 2. The Bertz CT molecular complexity index is 1000. The number of aromatic nitrogens is 3. The number of aliphatic hydroxyl groups is 1. The monoisotopic (exact) mass is 331 g/mol. The standard InChI is InChI=1S/C18H16B2FN3O/c1-4-24-9-12(15-16(19)22-23-17(15)20)11-7-10(5-6-18(2,3)25)13(21)8-14(11)24/h7-9,25H,4H2,1-3H3,(H,22,23). The lowest BCUT2D eigenvalue weighted by Gasteiger charge is -2.07. The van der Waals surface area contributed by atoms with Gasteiger partial charge in [-0.1, -0.05) is 11.8 Å². The highest BCUT2D eigenvalue weighted by atomic mass is 19.1.